The second kappa shape index (κ2) is 7.37. The smallest absolute Gasteiger partial charge is 0.225 e. The van der Waals surface area contributed by atoms with Crippen LogP contribution in [0.1, 0.15) is 24.0 Å². The van der Waals surface area contributed by atoms with E-state index < -0.39 is 0 Å². The number of carbonyl (C=O) groups is 1. The van der Waals surface area contributed by atoms with Gasteiger partial charge in [0, 0.05) is 30.8 Å². The highest BCUT2D eigenvalue weighted by molar-refractivity contribution is 7.98. The minimum atomic E-state index is -0.0247. The third-order valence-electron chi connectivity index (χ3n) is 3.74. The van der Waals surface area contributed by atoms with Crippen LogP contribution in [0, 0.1) is 13.8 Å². The Labute approximate surface area is 154 Å². The van der Waals surface area contributed by atoms with Gasteiger partial charge in [-0.15, -0.1) is 21.5 Å². The van der Waals surface area contributed by atoms with Crippen LogP contribution < -0.4 is 4.90 Å². The van der Waals surface area contributed by atoms with Crippen LogP contribution in [0.15, 0.2) is 34.8 Å². The van der Waals surface area contributed by atoms with Crippen molar-refractivity contribution in [3.8, 4) is 5.69 Å². The fourth-order valence-electron chi connectivity index (χ4n) is 2.22. The van der Waals surface area contributed by atoms with E-state index >= 15 is 0 Å². The molecule has 0 N–H and O–H groups in total. The number of aryl methyl sites for hydroxylation is 2. The van der Waals surface area contributed by atoms with Gasteiger partial charge in [-0.25, -0.2) is 4.98 Å². The van der Waals surface area contributed by atoms with Crippen LogP contribution in [0.2, 0.25) is 0 Å². The number of aromatic nitrogens is 4. The summed E-state index contributed by atoms with van der Waals surface area (Å²) in [5.74, 6) is 1.50. The van der Waals surface area contributed by atoms with Crippen molar-refractivity contribution >= 4 is 34.1 Å². The maximum absolute atomic E-state index is 11.4. The Morgan fingerprint density at radius 1 is 1.24 bits per heavy atom. The summed E-state index contributed by atoms with van der Waals surface area (Å²) in [4.78, 5) is 17.5. The molecule has 130 valence electrons. The molecule has 0 aliphatic heterocycles. The number of amides is 1. The molecule has 0 saturated heterocycles. The normalized spacial score (nSPS) is 10.9. The maximum atomic E-state index is 11.4. The third-order valence-corrected chi connectivity index (χ3v) is 5.66. The van der Waals surface area contributed by atoms with Gasteiger partial charge in [0.1, 0.15) is 5.82 Å². The van der Waals surface area contributed by atoms with Crippen molar-refractivity contribution in [1.29, 1.82) is 0 Å². The molecule has 3 aromatic rings. The molecule has 0 aliphatic rings. The number of thioether (sulfide) groups is 1. The standard InChI is InChI=1S/C17H19N5OS2/c1-11-5-7-15(8-6-11)22-12(2)19-20-17(22)25-10-14-9-24-16(18-14)21(4)13(3)23/h5-9H,10H2,1-4H3. The summed E-state index contributed by atoms with van der Waals surface area (Å²) in [7, 11) is 1.73. The summed E-state index contributed by atoms with van der Waals surface area (Å²) >= 11 is 3.05. The largest absolute Gasteiger partial charge is 0.292 e. The highest BCUT2D eigenvalue weighted by Crippen LogP contribution is 2.27. The number of hydrogen-bond acceptors (Lipinski definition) is 6. The van der Waals surface area contributed by atoms with E-state index in [1.54, 1.807) is 23.7 Å². The van der Waals surface area contributed by atoms with Gasteiger partial charge in [-0.3, -0.25) is 14.3 Å². The van der Waals surface area contributed by atoms with Gasteiger partial charge in [0.2, 0.25) is 5.91 Å². The summed E-state index contributed by atoms with van der Waals surface area (Å²) in [5, 5.41) is 12.0. The zero-order chi connectivity index (χ0) is 18.0. The van der Waals surface area contributed by atoms with Gasteiger partial charge in [0.25, 0.3) is 0 Å². The predicted molar refractivity (Wildman–Crippen MR) is 102 cm³/mol. The van der Waals surface area contributed by atoms with E-state index in [9.17, 15) is 4.79 Å². The van der Waals surface area contributed by atoms with Crippen LogP contribution in [0.5, 0.6) is 0 Å². The Morgan fingerprint density at radius 2 is 1.96 bits per heavy atom. The van der Waals surface area contributed by atoms with Crippen molar-refractivity contribution in [2.75, 3.05) is 11.9 Å². The Bertz CT molecular complexity index is 885. The first-order valence-electron chi connectivity index (χ1n) is 7.76. The minimum absolute atomic E-state index is 0.0247. The van der Waals surface area contributed by atoms with Gasteiger partial charge in [-0.1, -0.05) is 29.5 Å². The van der Waals surface area contributed by atoms with Crippen molar-refractivity contribution in [3.63, 3.8) is 0 Å². The fourth-order valence-corrected chi connectivity index (χ4v) is 4.05. The minimum Gasteiger partial charge on any atom is -0.292 e. The molecule has 0 spiro atoms. The molecular weight excluding hydrogens is 354 g/mol. The molecule has 2 aromatic heterocycles. The number of anilines is 1. The van der Waals surface area contributed by atoms with Crippen LogP contribution >= 0.6 is 23.1 Å². The molecule has 0 radical (unpaired) electrons. The first kappa shape index (κ1) is 17.6. The molecule has 3 rings (SSSR count). The highest BCUT2D eigenvalue weighted by atomic mass is 32.2. The molecule has 8 heteroatoms. The molecule has 0 unspecified atom stereocenters. The summed E-state index contributed by atoms with van der Waals surface area (Å²) in [6.07, 6.45) is 0. The number of benzene rings is 1. The second-order valence-corrected chi connectivity index (χ2v) is 7.47. The van der Waals surface area contributed by atoms with Crippen molar-refractivity contribution in [1.82, 2.24) is 19.7 Å². The van der Waals surface area contributed by atoms with E-state index in [2.05, 4.69) is 46.4 Å². The van der Waals surface area contributed by atoms with Crippen LogP contribution in [0.4, 0.5) is 5.13 Å². The van der Waals surface area contributed by atoms with Crippen LogP contribution in [-0.4, -0.2) is 32.7 Å². The Hall–Kier alpha value is -2.19. The van der Waals surface area contributed by atoms with Gasteiger partial charge in [0.15, 0.2) is 10.3 Å². The molecule has 6 nitrogen and oxygen atoms in total. The van der Waals surface area contributed by atoms with Gasteiger partial charge < -0.3 is 0 Å². The van der Waals surface area contributed by atoms with E-state index in [1.807, 2.05) is 16.9 Å². The lowest BCUT2D eigenvalue weighted by atomic mass is 10.2. The Balaban J connectivity index is 1.76. The SMILES string of the molecule is CC(=O)N(C)c1nc(CSc2nnc(C)n2-c2ccc(C)cc2)cs1. The summed E-state index contributed by atoms with van der Waals surface area (Å²) in [6, 6.07) is 8.29. The molecule has 1 amide bonds. The predicted octanol–water partition coefficient (Wildman–Crippen LogP) is 3.62. The van der Waals surface area contributed by atoms with E-state index in [4.69, 9.17) is 0 Å². The lowest BCUT2D eigenvalue weighted by molar-refractivity contribution is -0.116. The van der Waals surface area contributed by atoms with Gasteiger partial charge in [-0.05, 0) is 26.0 Å². The van der Waals surface area contributed by atoms with E-state index in [1.165, 1.54) is 23.8 Å². The first-order valence-corrected chi connectivity index (χ1v) is 9.63. The van der Waals surface area contributed by atoms with Crippen molar-refractivity contribution < 1.29 is 4.79 Å². The monoisotopic (exact) mass is 373 g/mol. The number of hydrogen-bond donors (Lipinski definition) is 0. The fraction of sp³-hybridized carbons (Fsp3) is 0.294. The maximum Gasteiger partial charge on any atom is 0.225 e. The summed E-state index contributed by atoms with van der Waals surface area (Å²) in [5.41, 5.74) is 3.19. The topological polar surface area (TPSA) is 63.9 Å². The van der Waals surface area contributed by atoms with Crippen molar-refractivity contribution in [2.24, 2.45) is 0 Å². The van der Waals surface area contributed by atoms with E-state index in [0.29, 0.717) is 10.9 Å². The lowest BCUT2D eigenvalue weighted by Gasteiger charge is -2.09. The molecule has 0 saturated carbocycles. The second-order valence-electron chi connectivity index (χ2n) is 5.69. The average Bonchev–Trinajstić information content (AvgIpc) is 3.20. The van der Waals surface area contributed by atoms with Gasteiger partial charge in [0.05, 0.1) is 5.69 Å². The van der Waals surface area contributed by atoms with Gasteiger partial charge in [-0.2, -0.15) is 0 Å². The summed E-state index contributed by atoms with van der Waals surface area (Å²) in [6.45, 7) is 5.54. The number of nitrogens with zero attached hydrogens (tertiary/aromatic N) is 5. The first-order chi connectivity index (χ1) is 12.0. The number of thiazole rings is 1. The van der Waals surface area contributed by atoms with Crippen LogP contribution in [0.25, 0.3) is 5.69 Å². The molecule has 25 heavy (non-hydrogen) atoms. The molecule has 2 heterocycles. The van der Waals surface area contributed by atoms with Crippen LogP contribution in [0.3, 0.4) is 0 Å². The van der Waals surface area contributed by atoms with E-state index in [-0.39, 0.29) is 5.91 Å². The third kappa shape index (κ3) is 3.91. The average molecular weight is 374 g/mol. The molecule has 0 atom stereocenters. The number of rotatable bonds is 5. The zero-order valence-corrected chi connectivity index (χ0v) is 16.2. The zero-order valence-electron chi connectivity index (χ0n) is 14.6. The summed E-state index contributed by atoms with van der Waals surface area (Å²) < 4.78 is 2.04. The lowest BCUT2D eigenvalue weighted by Crippen LogP contribution is -2.22. The van der Waals surface area contributed by atoms with Crippen molar-refractivity contribution in [3.05, 3.63) is 46.7 Å². The highest BCUT2D eigenvalue weighted by Gasteiger charge is 2.14. The molecule has 0 fully saturated rings. The Kier molecular flexibility index (Phi) is 5.19. The Morgan fingerprint density at radius 3 is 2.64 bits per heavy atom. The van der Waals surface area contributed by atoms with Crippen molar-refractivity contribution in [2.45, 2.75) is 31.7 Å². The van der Waals surface area contributed by atoms with Crippen LogP contribution in [-0.2, 0) is 10.5 Å². The van der Waals surface area contributed by atoms with E-state index in [0.717, 1.165) is 22.4 Å². The molecule has 0 bridgehead atoms. The quantitative estimate of drug-likeness (QED) is 0.639. The molecule has 1 aromatic carbocycles. The van der Waals surface area contributed by atoms with Gasteiger partial charge >= 0.3 is 0 Å². The molecule has 0 aliphatic carbocycles. The molecular formula is C17H19N5OS2. The number of carbonyl (C=O) groups excluding carboxylic acids is 1.